The summed E-state index contributed by atoms with van der Waals surface area (Å²) in [6.45, 7) is 5.11. The first-order valence-electron chi connectivity index (χ1n) is 8.25. The van der Waals surface area contributed by atoms with Gasteiger partial charge in [-0.3, -0.25) is 29.4 Å². The van der Waals surface area contributed by atoms with Gasteiger partial charge in [0.15, 0.2) is 0 Å². The van der Waals surface area contributed by atoms with E-state index in [-0.39, 0.29) is 11.1 Å². The highest BCUT2D eigenvalue weighted by atomic mass is 16.6. The summed E-state index contributed by atoms with van der Waals surface area (Å²) >= 11 is 0. The van der Waals surface area contributed by atoms with Gasteiger partial charge in [0.05, 0.1) is 10.5 Å². The van der Waals surface area contributed by atoms with Crippen LogP contribution >= 0.6 is 0 Å². The van der Waals surface area contributed by atoms with Crippen molar-refractivity contribution < 1.29 is 19.3 Å². The van der Waals surface area contributed by atoms with E-state index in [0.29, 0.717) is 5.69 Å². The van der Waals surface area contributed by atoms with Crippen molar-refractivity contribution in [1.82, 2.24) is 4.90 Å². The minimum atomic E-state index is -1.13. The maximum absolute atomic E-state index is 12.7. The number of carbonyl (C=O) groups excluding carboxylic acids is 3. The molecule has 3 amide bonds. The lowest BCUT2D eigenvalue weighted by atomic mass is 10.1. The van der Waals surface area contributed by atoms with Crippen molar-refractivity contribution in [2.75, 3.05) is 5.32 Å². The standard InChI is InChI=1S/C19H17N3O5/c1-10-7-8-11(2)14(9-10)20-17(23)12(3)21-18(24)13-5-4-6-15(22(26)27)16(13)19(21)25/h4-9,12H,1-3H3,(H,20,23). The van der Waals surface area contributed by atoms with E-state index >= 15 is 0 Å². The molecule has 0 aromatic heterocycles. The lowest BCUT2D eigenvalue weighted by Gasteiger charge is -2.22. The van der Waals surface area contributed by atoms with Crippen LogP contribution in [0.4, 0.5) is 11.4 Å². The Balaban J connectivity index is 1.90. The topological polar surface area (TPSA) is 110 Å². The Kier molecular flexibility index (Phi) is 4.49. The molecule has 1 aliphatic rings. The number of rotatable bonds is 4. The Morgan fingerprint density at radius 3 is 2.52 bits per heavy atom. The molecular formula is C19H17N3O5. The van der Waals surface area contributed by atoms with Crippen LogP contribution in [0.2, 0.25) is 0 Å². The van der Waals surface area contributed by atoms with Crippen LogP contribution in [0.25, 0.3) is 0 Å². The minimum Gasteiger partial charge on any atom is -0.324 e. The monoisotopic (exact) mass is 367 g/mol. The van der Waals surface area contributed by atoms with E-state index in [1.165, 1.54) is 19.1 Å². The SMILES string of the molecule is Cc1ccc(C)c(NC(=O)C(C)N2C(=O)c3cccc([N+](=O)[O-])c3C2=O)c1. The fourth-order valence-corrected chi connectivity index (χ4v) is 3.01. The number of hydrogen-bond acceptors (Lipinski definition) is 5. The van der Waals surface area contributed by atoms with E-state index in [0.717, 1.165) is 22.1 Å². The molecule has 8 heteroatoms. The van der Waals surface area contributed by atoms with Crippen LogP contribution in [0.5, 0.6) is 0 Å². The number of hydrogen-bond donors (Lipinski definition) is 1. The second-order valence-corrected chi connectivity index (χ2v) is 6.42. The largest absolute Gasteiger partial charge is 0.324 e. The summed E-state index contributed by atoms with van der Waals surface area (Å²) in [7, 11) is 0. The quantitative estimate of drug-likeness (QED) is 0.508. The van der Waals surface area contributed by atoms with Crippen LogP contribution in [0.15, 0.2) is 36.4 Å². The number of fused-ring (bicyclic) bond motifs is 1. The van der Waals surface area contributed by atoms with Gasteiger partial charge in [0.1, 0.15) is 11.6 Å². The number of benzene rings is 2. The van der Waals surface area contributed by atoms with Crippen molar-refractivity contribution in [3.05, 3.63) is 68.8 Å². The van der Waals surface area contributed by atoms with Gasteiger partial charge in [-0.15, -0.1) is 0 Å². The third-order valence-electron chi connectivity index (χ3n) is 4.54. The summed E-state index contributed by atoms with van der Waals surface area (Å²) in [4.78, 5) is 49.1. The molecule has 0 spiro atoms. The maximum Gasteiger partial charge on any atom is 0.282 e. The van der Waals surface area contributed by atoms with E-state index in [1.54, 1.807) is 6.07 Å². The highest BCUT2D eigenvalue weighted by Crippen LogP contribution is 2.32. The van der Waals surface area contributed by atoms with E-state index in [4.69, 9.17) is 0 Å². The van der Waals surface area contributed by atoms with Crippen molar-refractivity contribution in [2.24, 2.45) is 0 Å². The Labute approximate surface area is 154 Å². The molecule has 1 heterocycles. The van der Waals surface area contributed by atoms with Crippen molar-refractivity contribution in [3.63, 3.8) is 0 Å². The number of carbonyl (C=O) groups is 3. The molecule has 27 heavy (non-hydrogen) atoms. The van der Waals surface area contributed by atoms with Gasteiger partial charge in [-0.1, -0.05) is 18.2 Å². The summed E-state index contributed by atoms with van der Waals surface area (Å²) in [5.74, 6) is -2.12. The number of anilines is 1. The van der Waals surface area contributed by atoms with E-state index < -0.39 is 34.4 Å². The highest BCUT2D eigenvalue weighted by Gasteiger charge is 2.44. The smallest absolute Gasteiger partial charge is 0.282 e. The van der Waals surface area contributed by atoms with Gasteiger partial charge in [-0.2, -0.15) is 0 Å². The molecule has 1 unspecified atom stereocenters. The molecule has 0 saturated carbocycles. The number of nitrogens with zero attached hydrogens (tertiary/aromatic N) is 2. The first kappa shape index (κ1) is 18.2. The van der Waals surface area contributed by atoms with E-state index in [1.807, 2.05) is 26.0 Å². The summed E-state index contributed by atoms with van der Waals surface area (Å²) in [6, 6.07) is 8.25. The first-order chi connectivity index (χ1) is 12.7. The van der Waals surface area contributed by atoms with Gasteiger partial charge in [0.2, 0.25) is 5.91 Å². The van der Waals surface area contributed by atoms with E-state index in [9.17, 15) is 24.5 Å². The zero-order valence-electron chi connectivity index (χ0n) is 15.0. The molecule has 0 aliphatic carbocycles. The molecule has 1 atom stereocenters. The van der Waals surface area contributed by atoms with Gasteiger partial charge in [0.25, 0.3) is 17.5 Å². The first-order valence-corrected chi connectivity index (χ1v) is 8.25. The summed E-state index contributed by atoms with van der Waals surface area (Å²) < 4.78 is 0. The fraction of sp³-hybridized carbons (Fsp3) is 0.211. The van der Waals surface area contributed by atoms with Crippen LogP contribution in [0.3, 0.4) is 0 Å². The Bertz CT molecular complexity index is 999. The number of imide groups is 1. The summed E-state index contributed by atoms with van der Waals surface area (Å²) in [5.41, 5.74) is 1.56. The molecule has 0 fully saturated rings. The molecule has 3 rings (SSSR count). The molecule has 138 valence electrons. The third kappa shape index (κ3) is 3.05. The van der Waals surface area contributed by atoms with Gasteiger partial charge < -0.3 is 5.32 Å². The lowest BCUT2D eigenvalue weighted by Crippen LogP contribution is -2.45. The van der Waals surface area contributed by atoms with Gasteiger partial charge >= 0.3 is 0 Å². The normalized spacial score (nSPS) is 14.1. The number of nitro groups is 1. The minimum absolute atomic E-state index is 0.0689. The molecule has 1 aliphatic heterocycles. The molecule has 0 radical (unpaired) electrons. The summed E-state index contributed by atoms with van der Waals surface area (Å²) in [6.07, 6.45) is 0. The molecule has 0 bridgehead atoms. The van der Waals surface area contributed by atoms with Crippen molar-refractivity contribution in [1.29, 1.82) is 0 Å². The maximum atomic E-state index is 12.7. The predicted molar refractivity (Wildman–Crippen MR) is 97.6 cm³/mol. The fourth-order valence-electron chi connectivity index (χ4n) is 3.01. The van der Waals surface area contributed by atoms with Gasteiger partial charge in [-0.05, 0) is 44.0 Å². The second kappa shape index (κ2) is 6.64. The summed E-state index contributed by atoms with van der Waals surface area (Å²) in [5, 5.41) is 13.9. The van der Waals surface area contributed by atoms with Crippen molar-refractivity contribution >= 4 is 29.1 Å². The average Bonchev–Trinajstić information content (AvgIpc) is 2.88. The molecule has 0 saturated heterocycles. The molecular weight excluding hydrogens is 350 g/mol. The number of aryl methyl sites for hydroxylation is 2. The average molecular weight is 367 g/mol. The van der Waals surface area contributed by atoms with Gasteiger partial charge in [0, 0.05) is 11.8 Å². The van der Waals surface area contributed by atoms with Crippen LogP contribution in [-0.4, -0.2) is 33.6 Å². The van der Waals surface area contributed by atoms with Crippen LogP contribution in [0.1, 0.15) is 38.8 Å². The van der Waals surface area contributed by atoms with Crippen molar-refractivity contribution in [3.8, 4) is 0 Å². The number of nitro benzene ring substituents is 1. The predicted octanol–water partition coefficient (Wildman–Crippen LogP) is 2.83. The van der Waals surface area contributed by atoms with E-state index in [2.05, 4.69) is 5.32 Å². The zero-order valence-corrected chi connectivity index (χ0v) is 15.0. The molecule has 2 aromatic rings. The van der Waals surface area contributed by atoms with Crippen molar-refractivity contribution in [2.45, 2.75) is 26.8 Å². The molecule has 8 nitrogen and oxygen atoms in total. The van der Waals surface area contributed by atoms with Crippen LogP contribution < -0.4 is 5.32 Å². The lowest BCUT2D eigenvalue weighted by molar-refractivity contribution is -0.385. The van der Waals surface area contributed by atoms with Crippen LogP contribution in [-0.2, 0) is 4.79 Å². The zero-order chi connectivity index (χ0) is 19.9. The van der Waals surface area contributed by atoms with Crippen LogP contribution in [0, 0.1) is 24.0 Å². The second-order valence-electron chi connectivity index (χ2n) is 6.42. The Morgan fingerprint density at radius 2 is 1.85 bits per heavy atom. The number of amides is 3. The Morgan fingerprint density at radius 1 is 1.15 bits per heavy atom. The number of nitrogens with one attached hydrogen (secondary N) is 1. The molecule has 2 aromatic carbocycles. The Hall–Kier alpha value is -3.55. The third-order valence-corrected chi connectivity index (χ3v) is 4.54. The molecule has 1 N–H and O–H groups in total. The highest BCUT2D eigenvalue weighted by molar-refractivity contribution is 6.24. The van der Waals surface area contributed by atoms with Gasteiger partial charge in [-0.25, -0.2) is 0 Å².